The van der Waals surface area contributed by atoms with Crippen LogP contribution in [-0.4, -0.2) is 47.8 Å². The fourth-order valence-corrected chi connectivity index (χ4v) is 2.75. The summed E-state index contributed by atoms with van der Waals surface area (Å²) < 4.78 is 4.88. The second kappa shape index (κ2) is 7.42. The summed E-state index contributed by atoms with van der Waals surface area (Å²) in [5.74, 6) is -1.03. The van der Waals surface area contributed by atoms with E-state index in [1.165, 1.54) is 7.11 Å². The summed E-state index contributed by atoms with van der Waals surface area (Å²) in [6.07, 6.45) is 2.22. The van der Waals surface area contributed by atoms with E-state index in [9.17, 15) is 9.59 Å². The van der Waals surface area contributed by atoms with Gasteiger partial charge in [0.2, 0.25) is 0 Å². The average molecular weight is 312 g/mol. The minimum absolute atomic E-state index is 0.226. The van der Waals surface area contributed by atoms with E-state index >= 15 is 0 Å². The quantitative estimate of drug-likeness (QED) is 0.768. The van der Waals surface area contributed by atoms with Gasteiger partial charge < -0.3 is 20.1 Å². The first kappa shape index (κ1) is 15.8. The summed E-state index contributed by atoms with van der Waals surface area (Å²) in [5, 5.41) is 13.7. The minimum Gasteiger partial charge on any atom is -0.480 e. The molecule has 0 radical (unpaired) electrons. The van der Waals surface area contributed by atoms with Crippen LogP contribution < -0.4 is 5.32 Å². The Bertz CT molecular complexity index is 473. The molecule has 1 aromatic rings. The molecule has 2 amide bonds. The molecule has 116 valence electrons. The van der Waals surface area contributed by atoms with Gasteiger partial charge in [-0.05, 0) is 24.3 Å². The zero-order chi connectivity index (χ0) is 15.2. The van der Waals surface area contributed by atoms with E-state index in [2.05, 4.69) is 5.32 Å². The number of carbonyl (C=O) groups excluding carboxylic acids is 1. The Hall–Kier alpha value is -1.60. The first-order chi connectivity index (χ1) is 10.1. The number of methoxy groups -OCH3 is 1. The van der Waals surface area contributed by atoms with Crippen molar-refractivity contribution in [1.29, 1.82) is 0 Å². The summed E-state index contributed by atoms with van der Waals surface area (Å²) in [5.41, 5.74) is 0. The third kappa shape index (κ3) is 4.71. The molecule has 1 heterocycles. The van der Waals surface area contributed by atoms with Crippen LogP contribution >= 0.6 is 11.3 Å². The van der Waals surface area contributed by atoms with Gasteiger partial charge in [0.25, 0.3) is 0 Å². The maximum Gasteiger partial charge on any atom is 0.326 e. The molecular formula is C14H20N2O4S. The Kier molecular flexibility index (Phi) is 5.58. The van der Waals surface area contributed by atoms with Crippen molar-refractivity contribution >= 4 is 23.3 Å². The van der Waals surface area contributed by atoms with Gasteiger partial charge in [-0.15, -0.1) is 11.3 Å². The van der Waals surface area contributed by atoms with Crippen LogP contribution in [0.5, 0.6) is 0 Å². The Morgan fingerprint density at radius 1 is 1.57 bits per heavy atom. The largest absolute Gasteiger partial charge is 0.480 e. The van der Waals surface area contributed by atoms with Gasteiger partial charge in [0.05, 0.1) is 6.54 Å². The lowest BCUT2D eigenvalue weighted by Crippen LogP contribution is -2.48. The van der Waals surface area contributed by atoms with Crippen molar-refractivity contribution in [2.75, 3.05) is 13.7 Å². The minimum atomic E-state index is -1.03. The van der Waals surface area contributed by atoms with Crippen LogP contribution in [0.1, 0.15) is 24.1 Å². The monoisotopic (exact) mass is 312 g/mol. The standard InChI is InChI=1S/C14H20N2O4S/c1-20-7-6-12(13(17)18)15-14(19)16(10-4-5-10)9-11-3-2-8-21-11/h2-3,8,10,12H,4-7,9H2,1H3,(H,15,19)(H,17,18). The topological polar surface area (TPSA) is 78.9 Å². The predicted octanol–water partition coefficient (Wildman–Crippen LogP) is 1.91. The van der Waals surface area contributed by atoms with Crippen molar-refractivity contribution in [3.05, 3.63) is 22.4 Å². The molecule has 1 atom stereocenters. The molecule has 1 unspecified atom stereocenters. The first-order valence-electron chi connectivity index (χ1n) is 6.93. The van der Waals surface area contributed by atoms with Crippen LogP contribution in [-0.2, 0) is 16.1 Å². The third-order valence-corrected chi connectivity index (χ3v) is 4.22. The lowest BCUT2D eigenvalue weighted by molar-refractivity contribution is -0.139. The predicted molar refractivity (Wildman–Crippen MR) is 79.3 cm³/mol. The van der Waals surface area contributed by atoms with Crippen LogP contribution in [0.2, 0.25) is 0 Å². The maximum absolute atomic E-state index is 12.3. The molecule has 1 aliphatic carbocycles. The Labute approximate surface area is 127 Å². The van der Waals surface area contributed by atoms with Gasteiger partial charge in [-0.2, -0.15) is 0 Å². The maximum atomic E-state index is 12.3. The molecule has 1 fully saturated rings. The van der Waals surface area contributed by atoms with Crippen molar-refractivity contribution in [3.8, 4) is 0 Å². The normalized spacial score (nSPS) is 15.5. The Morgan fingerprint density at radius 3 is 2.86 bits per heavy atom. The summed E-state index contributed by atoms with van der Waals surface area (Å²) in [6, 6.07) is 2.93. The number of thiophene rings is 1. The van der Waals surface area contributed by atoms with E-state index in [1.54, 1.807) is 16.2 Å². The molecule has 0 saturated heterocycles. The molecule has 21 heavy (non-hydrogen) atoms. The second-order valence-electron chi connectivity index (χ2n) is 5.06. The lowest BCUT2D eigenvalue weighted by Gasteiger charge is -2.24. The number of rotatable bonds is 8. The number of hydrogen-bond acceptors (Lipinski definition) is 4. The first-order valence-corrected chi connectivity index (χ1v) is 7.81. The van der Waals surface area contributed by atoms with E-state index in [0.29, 0.717) is 13.2 Å². The molecule has 1 saturated carbocycles. The van der Waals surface area contributed by atoms with Crippen molar-refractivity contribution in [1.82, 2.24) is 10.2 Å². The number of urea groups is 1. The fraction of sp³-hybridized carbons (Fsp3) is 0.571. The van der Waals surface area contributed by atoms with Gasteiger partial charge in [-0.25, -0.2) is 9.59 Å². The number of nitrogens with one attached hydrogen (secondary N) is 1. The number of nitrogens with zero attached hydrogens (tertiary/aromatic N) is 1. The highest BCUT2D eigenvalue weighted by atomic mass is 32.1. The van der Waals surface area contributed by atoms with Crippen molar-refractivity contribution in [3.63, 3.8) is 0 Å². The molecule has 7 heteroatoms. The number of ether oxygens (including phenoxy) is 1. The molecule has 0 aliphatic heterocycles. The number of carboxylic acids is 1. The van der Waals surface area contributed by atoms with E-state index < -0.39 is 12.0 Å². The molecule has 1 aliphatic rings. The van der Waals surface area contributed by atoms with Crippen LogP contribution in [0.3, 0.4) is 0 Å². The molecule has 6 nitrogen and oxygen atoms in total. The summed E-state index contributed by atoms with van der Waals surface area (Å²) in [6.45, 7) is 0.830. The van der Waals surface area contributed by atoms with Gasteiger partial charge in [0.15, 0.2) is 0 Å². The number of hydrogen-bond donors (Lipinski definition) is 2. The average Bonchev–Trinajstić information content (AvgIpc) is 3.16. The van der Waals surface area contributed by atoms with E-state index in [1.807, 2.05) is 17.5 Å². The SMILES string of the molecule is COCCC(NC(=O)N(Cc1cccs1)C1CC1)C(=O)O. The molecule has 0 spiro atoms. The molecular weight excluding hydrogens is 292 g/mol. The van der Waals surface area contributed by atoms with Crippen LogP contribution in [0.15, 0.2) is 17.5 Å². The van der Waals surface area contributed by atoms with Crippen LogP contribution in [0.4, 0.5) is 4.79 Å². The number of amides is 2. The van der Waals surface area contributed by atoms with E-state index in [4.69, 9.17) is 9.84 Å². The number of carboxylic acid groups (broad SMARTS) is 1. The van der Waals surface area contributed by atoms with Gasteiger partial charge in [-0.1, -0.05) is 6.07 Å². The molecule has 0 bridgehead atoms. The Morgan fingerprint density at radius 2 is 2.33 bits per heavy atom. The molecule has 2 N–H and O–H groups in total. The lowest BCUT2D eigenvalue weighted by atomic mass is 10.2. The zero-order valence-corrected chi connectivity index (χ0v) is 12.8. The van der Waals surface area contributed by atoms with Gasteiger partial charge in [0, 0.05) is 31.1 Å². The highest BCUT2D eigenvalue weighted by Crippen LogP contribution is 2.29. The molecule has 0 aromatic carbocycles. The zero-order valence-electron chi connectivity index (χ0n) is 11.9. The summed E-state index contributed by atoms with van der Waals surface area (Å²) in [4.78, 5) is 26.4. The van der Waals surface area contributed by atoms with Crippen LogP contribution in [0.25, 0.3) is 0 Å². The van der Waals surface area contributed by atoms with Crippen molar-refractivity contribution in [2.24, 2.45) is 0 Å². The van der Waals surface area contributed by atoms with E-state index in [-0.39, 0.29) is 18.5 Å². The summed E-state index contributed by atoms with van der Waals surface area (Å²) in [7, 11) is 1.51. The van der Waals surface area contributed by atoms with Gasteiger partial charge in [-0.3, -0.25) is 0 Å². The highest BCUT2D eigenvalue weighted by molar-refractivity contribution is 7.09. The van der Waals surface area contributed by atoms with Gasteiger partial charge in [0.1, 0.15) is 6.04 Å². The summed E-state index contributed by atoms with van der Waals surface area (Å²) >= 11 is 1.59. The molecule has 2 rings (SSSR count). The smallest absolute Gasteiger partial charge is 0.326 e. The Balaban J connectivity index is 1.95. The fourth-order valence-electron chi connectivity index (χ4n) is 2.05. The highest BCUT2D eigenvalue weighted by Gasteiger charge is 2.34. The number of carbonyl (C=O) groups is 2. The van der Waals surface area contributed by atoms with Crippen molar-refractivity contribution in [2.45, 2.75) is 37.9 Å². The van der Waals surface area contributed by atoms with Crippen LogP contribution in [0, 0.1) is 0 Å². The number of aliphatic carboxylic acids is 1. The molecule has 1 aromatic heterocycles. The second-order valence-corrected chi connectivity index (χ2v) is 6.09. The van der Waals surface area contributed by atoms with E-state index in [0.717, 1.165) is 17.7 Å². The third-order valence-electron chi connectivity index (χ3n) is 3.36. The van der Waals surface area contributed by atoms with Crippen molar-refractivity contribution < 1.29 is 19.4 Å². The van der Waals surface area contributed by atoms with Gasteiger partial charge >= 0.3 is 12.0 Å².